The molecule has 0 atom stereocenters. The predicted molar refractivity (Wildman–Crippen MR) is 84.0 cm³/mol. The summed E-state index contributed by atoms with van der Waals surface area (Å²) in [5, 5.41) is 15.0. The molecular formula is C16H14NO5S-. The normalized spacial score (nSPS) is 10.1. The maximum Gasteiger partial charge on any atom is 0.341 e. The minimum atomic E-state index is -1.30. The van der Waals surface area contributed by atoms with Gasteiger partial charge in [0, 0.05) is 23.3 Å². The highest BCUT2D eigenvalue weighted by Crippen LogP contribution is 2.36. The van der Waals surface area contributed by atoms with Gasteiger partial charge in [0.05, 0.1) is 7.11 Å². The first-order valence-electron chi connectivity index (χ1n) is 6.78. The lowest BCUT2D eigenvalue weighted by molar-refractivity contribution is -0.305. The summed E-state index contributed by atoms with van der Waals surface area (Å²) in [4.78, 5) is 34.2. The van der Waals surface area contributed by atoms with Crippen molar-refractivity contribution < 1.29 is 24.2 Å². The lowest BCUT2D eigenvalue weighted by Gasteiger charge is -2.08. The highest BCUT2D eigenvalue weighted by atomic mass is 32.1. The summed E-state index contributed by atoms with van der Waals surface area (Å²) in [7, 11) is 1.26. The molecule has 0 fully saturated rings. The van der Waals surface area contributed by atoms with E-state index < -0.39 is 17.8 Å². The van der Waals surface area contributed by atoms with Gasteiger partial charge in [-0.15, -0.1) is 11.3 Å². The second-order valence-corrected chi connectivity index (χ2v) is 5.51. The molecule has 0 aliphatic heterocycles. The first-order chi connectivity index (χ1) is 11.0. The summed E-state index contributed by atoms with van der Waals surface area (Å²) >= 11 is 1.18. The molecule has 7 heteroatoms. The SMILES string of the molecule is COC(=O)c1c(-c2ccccc2)csc1NC(=O)CCC(=O)[O-]. The number of thiophene rings is 1. The van der Waals surface area contributed by atoms with Crippen molar-refractivity contribution in [2.75, 3.05) is 12.4 Å². The number of methoxy groups -OCH3 is 1. The summed E-state index contributed by atoms with van der Waals surface area (Å²) in [6, 6.07) is 9.22. The molecule has 6 nitrogen and oxygen atoms in total. The molecule has 0 saturated carbocycles. The van der Waals surface area contributed by atoms with E-state index in [0.717, 1.165) is 5.56 Å². The number of anilines is 1. The van der Waals surface area contributed by atoms with Gasteiger partial charge in [-0.2, -0.15) is 0 Å². The molecule has 0 radical (unpaired) electrons. The van der Waals surface area contributed by atoms with Crippen molar-refractivity contribution in [2.45, 2.75) is 12.8 Å². The van der Waals surface area contributed by atoms with Crippen molar-refractivity contribution in [2.24, 2.45) is 0 Å². The van der Waals surface area contributed by atoms with Gasteiger partial charge in [-0.25, -0.2) is 4.79 Å². The van der Waals surface area contributed by atoms with Crippen molar-refractivity contribution in [3.05, 3.63) is 41.3 Å². The number of ether oxygens (including phenoxy) is 1. The Morgan fingerprint density at radius 1 is 1.17 bits per heavy atom. The Morgan fingerprint density at radius 3 is 2.48 bits per heavy atom. The molecule has 23 heavy (non-hydrogen) atoms. The van der Waals surface area contributed by atoms with E-state index in [1.165, 1.54) is 18.4 Å². The van der Waals surface area contributed by atoms with Crippen LogP contribution in [0.15, 0.2) is 35.7 Å². The van der Waals surface area contributed by atoms with Crippen molar-refractivity contribution in [1.29, 1.82) is 0 Å². The van der Waals surface area contributed by atoms with Gasteiger partial charge in [0.15, 0.2) is 0 Å². The van der Waals surface area contributed by atoms with Gasteiger partial charge >= 0.3 is 5.97 Å². The number of carboxylic acids is 1. The predicted octanol–water partition coefficient (Wildman–Crippen LogP) is 1.67. The first kappa shape index (κ1) is 16.7. The molecule has 2 aromatic rings. The van der Waals surface area contributed by atoms with E-state index in [9.17, 15) is 19.5 Å². The maximum atomic E-state index is 12.1. The number of hydrogen-bond donors (Lipinski definition) is 1. The van der Waals surface area contributed by atoms with Crippen molar-refractivity contribution >= 4 is 34.2 Å². The Kier molecular flexibility index (Phi) is 5.48. The summed E-state index contributed by atoms with van der Waals surface area (Å²) < 4.78 is 4.79. The molecule has 1 heterocycles. The van der Waals surface area contributed by atoms with Crippen LogP contribution < -0.4 is 10.4 Å². The van der Waals surface area contributed by atoms with E-state index in [1.807, 2.05) is 30.3 Å². The number of nitrogens with one attached hydrogen (secondary N) is 1. The number of amides is 1. The second-order valence-electron chi connectivity index (χ2n) is 4.63. The number of hydrogen-bond acceptors (Lipinski definition) is 6. The van der Waals surface area contributed by atoms with Crippen LogP contribution in [0.2, 0.25) is 0 Å². The van der Waals surface area contributed by atoms with Crippen LogP contribution >= 0.6 is 11.3 Å². The van der Waals surface area contributed by atoms with Gasteiger partial charge < -0.3 is 20.0 Å². The number of rotatable bonds is 6. The molecule has 120 valence electrons. The molecule has 2 rings (SSSR count). The lowest BCUT2D eigenvalue weighted by Crippen LogP contribution is -2.24. The Balaban J connectivity index is 2.30. The van der Waals surface area contributed by atoms with Crippen LogP contribution in [0.1, 0.15) is 23.2 Å². The molecule has 1 aromatic carbocycles. The van der Waals surface area contributed by atoms with Crippen molar-refractivity contribution in [1.82, 2.24) is 0 Å². The zero-order valence-corrected chi connectivity index (χ0v) is 13.1. The van der Waals surface area contributed by atoms with E-state index in [0.29, 0.717) is 10.6 Å². The fraction of sp³-hybridized carbons (Fsp3) is 0.188. The monoisotopic (exact) mass is 332 g/mol. The molecule has 0 aliphatic rings. The van der Waals surface area contributed by atoms with E-state index in [1.54, 1.807) is 5.38 Å². The third-order valence-electron chi connectivity index (χ3n) is 3.07. The molecular weight excluding hydrogens is 318 g/mol. The standard InChI is InChI=1S/C16H15NO5S/c1-22-16(21)14-11(10-5-3-2-4-6-10)9-23-15(14)17-12(18)7-8-13(19)20/h2-6,9H,7-8H2,1H3,(H,17,18)(H,19,20)/p-1. The van der Waals surface area contributed by atoms with E-state index >= 15 is 0 Å². The molecule has 1 N–H and O–H groups in total. The number of carbonyl (C=O) groups excluding carboxylic acids is 3. The van der Waals surface area contributed by atoms with Crippen LogP contribution in [-0.2, 0) is 14.3 Å². The lowest BCUT2D eigenvalue weighted by atomic mass is 10.0. The summed E-state index contributed by atoms with van der Waals surface area (Å²) in [5.74, 6) is -2.37. The molecule has 1 amide bonds. The second kappa shape index (κ2) is 7.55. The molecule has 0 unspecified atom stereocenters. The van der Waals surface area contributed by atoms with E-state index in [2.05, 4.69) is 5.32 Å². The van der Waals surface area contributed by atoms with E-state index in [4.69, 9.17) is 4.74 Å². The number of esters is 1. The number of benzene rings is 1. The third-order valence-corrected chi connectivity index (χ3v) is 3.97. The fourth-order valence-electron chi connectivity index (χ4n) is 1.99. The Bertz CT molecular complexity index is 723. The number of aliphatic carboxylic acids is 1. The fourth-order valence-corrected chi connectivity index (χ4v) is 2.96. The average molecular weight is 332 g/mol. The first-order valence-corrected chi connectivity index (χ1v) is 7.65. The average Bonchev–Trinajstić information content (AvgIpc) is 2.96. The quantitative estimate of drug-likeness (QED) is 0.812. The van der Waals surface area contributed by atoms with Crippen LogP contribution in [0.5, 0.6) is 0 Å². The van der Waals surface area contributed by atoms with Gasteiger partial charge in [-0.05, 0) is 12.0 Å². The van der Waals surface area contributed by atoms with Crippen LogP contribution in [0, 0.1) is 0 Å². The zero-order valence-electron chi connectivity index (χ0n) is 12.3. The van der Waals surface area contributed by atoms with Crippen LogP contribution in [0.3, 0.4) is 0 Å². The molecule has 0 saturated heterocycles. The summed E-state index contributed by atoms with van der Waals surface area (Å²) in [6.07, 6.45) is -0.599. The minimum absolute atomic E-state index is 0.221. The van der Waals surface area contributed by atoms with Gasteiger partial charge in [-0.1, -0.05) is 30.3 Å². The number of carboxylic acid groups (broad SMARTS) is 1. The molecule has 0 aliphatic carbocycles. The van der Waals surface area contributed by atoms with E-state index in [-0.39, 0.29) is 18.4 Å². The van der Waals surface area contributed by atoms with Gasteiger partial charge in [0.25, 0.3) is 0 Å². The summed E-state index contributed by atoms with van der Waals surface area (Å²) in [6.45, 7) is 0. The summed E-state index contributed by atoms with van der Waals surface area (Å²) in [5.41, 5.74) is 1.72. The maximum absolute atomic E-state index is 12.1. The van der Waals surface area contributed by atoms with Crippen LogP contribution in [0.25, 0.3) is 11.1 Å². The highest BCUT2D eigenvalue weighted by molar-refractivity contribution is 7.15. The topological polar surface area (TPSA) is 95.5 Å². The largest absolute Gasteiger partial charge is 0.550 e. The Labute approximate surface area is 136 Å². The number of carbonyl (C=O) groups is 3. The third kappa shape index (κ3) is 4.17. The van der Waals surface area contributed by atoms with Crippen molar-refractivity contribution in [3.63, 3.8) is 0 Å². The molecule has 0 spiro atoms. The smallest absolute Gasteiger partial charge is 0.341 e. The van der Waals surface area contributed by atoms with Gasteiger partial charge in [-0.3, -0.25) is 4.79 Å². The van der Waals surface area contributed by atoms with Gasteiger partial charge in [0.2, 0.25) is 5.91 Å². The molecule has 0 bridgehead atoms. The van der Waals surface area contributed by atoms with Crippen molar-refractivity contribution in [3.8, 4) is 11.1 Å². The zero-order chi connectivity index (χ0) is 16.8. The minimum Gasteiger partial charge on any atom is -0.550 e. The van der Waals surface area contributed by atoms with Crippen LogP contribution in [-0.4, -0.2) is 25.0 Å². The Morgan fingerprint density at radius 2 is 1.87 bits per heavy atom. The van der Waals surface area contributed by atoms with Gasteiger partial charge in [0.1, 0.15) is 10.6 Å². The van der Waals surface area contributed by atoms with Crippen LogP contribution in [0.4, 0.5) is 5.00 Å². The Hall–Kier alpha value is -2.67. The highest BCUT2D eigenvalue weighted by Gasteiger charge is 2.22. The molecule has 1 aromatic heterocycles.